The number of hydrogen-bond donors (Lipinski definition) is 1. The Morgan fingerprint density at radius 2 is 2.17 bits per heavy atom. The molecule has 1 heterocycles. The maximum absolute atomic E-state index is 11.0. The molecule has 0 amide bonds. The van der Waals surface area contributed by atoms with Gasteiger partial charge in [0.15, 0.2) is 6.10 Å². The number of rotatable bonds is 5. The highest BCUT2D eigenvalue weighted by Gasteiger charge is 2.18. The molecule has 0 fully saturated rings. The third-order valence-electron chi connectivity index (χ3n) is 1.93. The lowest BCUT2D eigenvalue weighted by atomic mass is 10.1. The van der Waals surface area contributed by atoms with Crippen LogP contribution in [0.2, 0.25) is 0 Å². The van der Waals surface area contributed by atoms with E-state index in [-0.39, 0.29) is 5.97 Å². The summed E-state index contributed by atoms with van der Waals surface area (Å²) in [5.41, 5.74) is 1.44. The molecule has 1 unspecified atom stereocenters. The molecule has 0 saturated carbocycles. The number of ether oxygens (including phenoxy) is 1. The second kappa shape index (κ2) is 8.98. The van der Waals surface area contributed by atoms with Crippen LogP contribution in [0.5, 0.6) is 0 Å². The molecule has 0 bridgehead atoms. The lowest BCUT2D eigenvalue weighted by Gasteiger charge is -2.16. The average Bonchev–Trinajstić information content (AvgIpc) is 2.89. The van der Waals surface area contributed by atoms with Crippen molar-refractivity contribution in [2.24, 2.45) is 0 Å². The highest BCUT2D eigenvalue weighted by molar-refractivity contribution is 5.66. The van der Waals surface area contributed by atoms with E-state index in [1.807, 2.05) is 13.8 Å². The monoisotopic (exact) mass is 248 g/mol. The number of carbonyl (C=O) groups excluding carboxylic acids is 1. The average molecular weight is 248 g/mol. The van der Waals surface area contributed by atoms with E-state index in [9.17, 15) is 4.79 Å². The molecule has 0 saturated heterocycles. The van der Waals surface area contributed by atoms with Crippen molar-refractivity contribution in [3.05, 3.63) is 55.2 Å². The molecule has 0 aliphatic carbocycles. The van der Waals surface area contributed by atoms with Crippen LogP contribution >= 0.6 is 0 Å². The first kappa shape index (κ1) is 15.9. The van der Waals surface area contributed by atoms with Crippen LogP contribution in [0.4, 0.5) is 0 Å². The van der Waals surface area contributed by atoms with Crippen molar-refractivity contribution in [1.29, 1.82) is 0 Å². The van der Waals surface area contributed by atoms with E-state index in [0.29, 0.717) is 5.69 Å². The summed E-state index contributed by atoms with van der Waals surface area (Å²) in [6, 6.07) is 0. The SMILES string of the molecule is C=C/C=C(\C=C)C(OC(C)=O)c1cnc[nH]1.CC. The number of aromatic nitrogens is 2. The number of nitrogens with one attached hydrogen (secondary N) is 1. The van der Waals surface area contributed by atoms with E-state index in [1.165, 1.54) is 13.3 Å². The normalized spacial score (nSPS) is 11.8. The summed E-state index contributed by atoms with van der Waals surface area (Å²) in [5.74, 6) is -0.364. The van der Waals surface area contributed by atoms with Crippen molar-refractivity contribution in [2.45, 2.75) is 26.9 Å². The number of allylic oxidation sites excluding steroid dienone is 2. The Balaban J connectivity index is 0.00000137. The highest BCUT2D eigenvalue weighted by Crippen LogP contribution is 2.24. The molecule has 1 atom stereocenters. The fraction of sp³-hybridized carbons (Fsp3) is 0.286. The minimum Gasteiger partial charge on any atom is -0.451 e. The summed E-state index contributed by atoms with van der Waals surface area (Å²) >= 11 is 0. The first-order chi connectivity index (χ1) is 8.69. The van der Waals surface area contributed by atoms with Crippen molar-refractivity contribution in [1.82, 2.24) is 9.97 Å². The summed E-state index contributed by atoms with van der Waals surface area (Å²) in [7, 11) is 0. The van der Waals surface area contributed by atoms with Crippen LogP contribution in [0.1, 0.15) is 32.6 Å². The van der Waals surface area contributed by atoms with Gasteiger partial charge in [0.2, 0.25) is 0 Å². The highest BCUT2D eigenvalue weighted by atomic mass is 16.5. The molecule has 0 aliphatic rings. The van der Waals surface area contributed by atoms with Gasteiger partial charge in [-0.05, 0) is 5.57 Å². The predicted molar refractivity (Wildman–Crippen MR) is 72.9 cm³/mol. The van der Waals surface area contributed by atoms with Gasteiger partial charge in [-0.1, -0.05) is 45.2 Å². The second-order valence-corrected chi connectivity index (χ2v) is 3.10. The summed E-state index contributed by atoms with van der Waals surface area (Å²) in [5, 5.41) is 0. The molecule has 0 aromatic carbocycles. The number of nitrogens with zero attached hydrogens (tertiary/aromatic N) is 1. The number of aromatic amines is 1. The Hall–Kier alpha value is -2.10. The van der Waals surface area contributed by atoms with E-state index in [0.717, 1.165) is 5.57 Å². The van der Waals surface area contributed by atoms with Crippen LogP contribution in [0.15, 0.2) is 49.5 Å². The van der Waals surface area contributed by atoms with Gasteiger partial charge in [0.05, 0.1) is 18.2 Å². The quantitative estimate of drug-likeness (QED) is 0.642. The molecule has 1 aromatic heterocycles. The number of esters is 1. The summed E-state index contributed by atoms with van der Waals surface area (Å²) in [6.45, 7) is 12.6. The van der Waals surface area contributed by atoms with Crippen molar-refractivity contribution < 1.29 is 9.53 Å². The summed E-state index contributed by atoms with van der Waals surface area (Å²) in [6.07, 6.45) is 7.59. The summed E-state index contributed by atoms with van der Waals surface area (Å²) in [4.78, 5) is 17.8. The van der Waals surface area contributed by atoms with Gasteiger partial charge in [0, 0.05) is 6.92 Å². The smallest absolute Gasteiger partial charge is 0.303 e. The zero-order chi connectivity index (χ0) is 14.0. The number of H-pyrrole nitrogens is 1. The lowest BCUT2D eigenvalue weighted by molar-refractivity contribution is -0.144. The van der Waals surface area contributed by atoms with Gasteiger partial charge in [0.1, 0.15) is 0 Å². The molecule has 1 N–H and O–H groups in total. The van der Waals surface area contributed by atoms with E-state index in [1.54, 1.807) is 24.4 Å². The van der Waals surface area contributed by atoms with Crippen LogP contribution < -0.4 is 0 Å². The van der Waals surface area contributed by atoms with Gasteiger partial charge < -0.3 is 9.72 Å². The standard InChI is InChI=1S/C12H14N2O2.C2H6/c1-4-6-10(5-2)12(16-9(3)15)11-7-13-8-14-11;1-2/h4-8,12H,1-2H2,3H3,(H,13,14);1-2H3/b10-6+;. The molecule has 0 aliphatic heterocycles. The molecule has 0 radical (unpaired) electrons. The van der Waals surface area contributed by atoms with Crippen molar-refractivity contribution in [2.75, 3.05) is 0 Å². The minimum absolute atomic E-state index is 0.364. The van der Waals surface area contributed by atoms with Crippen molar-refractivity contribution in [3.8, 4) is 0 Å². The number of hydrogen-bond acceptors (Lipinski definition) is 3. The first-order valence-electron chi connectivity index (χ1n) is 5.79. The van der Waals surface area contributed by atoms with Crippen molar-refractivity contribution >= 4 is 5.97 Å². The van der Waals surface area contributed by atoms with E-state index >= 15 is 0 Å². The molecule has 1 rings (SSSR count). The van der Waals surface area contributed by atoms with Gasteiger partial charge in [-0.25, -0.2) is 4.98 Å². The van der Waals surface area contributed by atoms with E-state index in [2.05, 4.69) is 23.1 Å². The Morgan fingerprint density at radius 1 is 1.50 bits per heavy atom. The van der Waals surface area contributed by atoms with Crippen LogP contribution in [0.3, 0.4) is 0 Å². The largest absolute Gasteiger partial charge is 0.451 e. The zero-order valence-corrected chi connectivity index (χ0v) is 11.1. The molecule has 1 aromatic rings. The van der Waals surface area contributed by atoms with Crippen LogP contribution in [-0.2, 0) is 9.53 Å². The number of imidazole rings is 1. The van der Waals surface area contributed by atoms with Gasteiger partial charge in [-0.3, -0.25) is 4.79 Å². The Labute approximate surface area is 108 Å². The maximum Gasteiger partial charge on any atom is 0.303 e. The Kier molecular flexibility index (Phi) is 7.94. The van der Waals surface area contributed by atoms with Crippen LogP contribution in [0, 0.1) is 0 Å². The topological polar surface area (TPSA) is 55.0 Å². The van der Waals surface area contributed by atoms with Gasteiger partial charge in [-0.15, -0.1) is 0 Å². The molecule has 0 spiro atoms. The zero-order valence-electron chi connectivity index (χ0n) is 11.1. The Bertz CT molecular complexity index is 405. The van der Waals surface area contributed by atoms with Crippen molar-refractivity contribution in [3.63, 3.8) is 0 Å². The molecule has 4 nitrogen and oxygen atoms in total. The molecule has 18 heavy (non-hydrogen) atoms. The maximum atomic E-state index is 11.0. The molecule has 98 valence electrons. The van der Waals surface area contributed by atoms with Crippen LogP contribution in [-0.4, -0.2) is 15.9 Å². The van der Waals surface area contributed by atoms with Gasteiger partial charge in [-0.2, -0.15) is 0 Å². The predicted octanol–water partition coefficient (Wildman–Crippen LogP) is 3.34. The lowest BCUT2D eigenvalue weighted by Crippen LogP contribution is -2.10. The van der Waals surface area contributed by atoms with Crippen LogP contribution in [0.25, 0.3) is 0 Å². The second-order valence-electron chi connectivity index (χ2n) is 3.10. The third-order valence-corrected chi connectivity index (χ3v) is 1.93. The summed E-state index contributed by atoms with van der Waals surface area (Å²) < 4.78 is 5.20. The Morgan fingerprint density at radius 3 is 2.56 bits per heavy atom. The third kappa shape index (κ3) is 4.82. The molecular formula is C14H20N2O2. The first-order valence-corrected chi connectivity index (χ1v) is 5.79. The van der Waals surface area contributed by atoms with Gasteiger partial charge >= 0.3 is 5.97 Å². The minimum atomic E-state index is -0.518. The molecular weight excluding hydrogens is 228 g/mol. The van der Waals surface area contributed by atoms with E-state index in [4.69, 9.17) is 4.74 Å². The number of carbonyl (C=O) groups is 1. The fourth-order valence-corrected chi connectivity index (χ4v) is 1.29. The fourth-order valence-electron chi connectivity index (χ4n) is 1.29. The van der Waals surface area contributed by atoms with E-state index < -0.39 is 6.10 Å². The molecule has 4 heteroatoms. The van der Waals surface area contributed by atoms with Gasteiger partial charge in [0.25, 0.3) is 0 Å².